The zero-order valence-corrected chi connectivity index (χ0v) is 27.4. The Balaban J connectivity index is 1.20. The third kappa shape index (κ3) is 5.35. The number of phenols is 1. The average Bonchev–Trinajstić information content (AvgIpc) is 3.49. The van der Waals surface area contributed by atoms with E-state index in [1.807, 2.05) is 6.92 Å². The van der Waals surface area contributed by atoms with Gasteiger partial charge in [-0.1, -0.05) is 24.6 Å². The lowest BCUT2D eigenvalue weighted by atomic mass is 9.92. The lowest BCUT2D eigenvalue weighted by Crippen LogP contribution is -2.51. The highest BCUT2D eigenvalue weighted by Crippen LogP contribution is 2.44. The van der Waals surface area contributed by atoms with Crippen molar-refractivity contribution in [2.24, 2.45) is 0 Å². The standard InChI is InChI=1S/C35H38ClF2N5O2S/c1-2-25-29(37)9-4-19-12-24(44)13-26(30(19)25)31-28(36)14-27-33(32(31)38)40-35(41-34(27)42-15-20-5-6-21(16-42)39-20)45-11-3-10-43-22-7-8-23(43)18-46-17-22/h4,9,12-14,20-23,39,44H,2-3,5-8,10-11,15-18H2,1H3. The number of phenolic OH excluding ortho intramolecular Hbond substituents is 1. The number of aromatic hydroxyl groups is 1. The summed E-state index contributed by atoms with van der Waals surface area (Å²) in [7, 11) is 0. The van der Waals surface area contributed by atoms with Gasteiger partial charge in [0.25, 0.3) is 0 Å². The Labute approximate surface area is 276 Å². The molecule has 242 valence electrons. The summed E-state index contributed by atoms with van der Waals surface area (Å²) >= 11 is 8.98. The van der Waals surface area contributed by atoms with Crippen molar-refractivity contribution < 1.29 is 18.6 Å². The number of rotatable bonds is 8. The number of anilines is 1. The normalized spacial score (nSPS) is 24.4. The van der Waals surface area contributed by atoms with Gasteiger partial charge in [0.1, 0.15) is 22.9 Å². The molecule has 4 saturated heterocycles. The molecule has 8 rings (SSSR count). The van der Waals surface area contributed by atoms with Gasteiger partial charge in [-0.15, -0.1) is 0 Å². The molecule has 11 heteroatoms. The number of aryl methyl sites for hydroxylation is 1. The number of hydrogen-bond donors (Lipinski definition) is 2. The lowest BCUT2D eigenvalue weighted by molar-refractivity contribution is 0.187. The van der Waals surface area contributed by atoms with Crippen LogP contribution in [0.15, 0.2) is 30.3 Å². The Kier molecular flexibility index (Phi) is 8.11. The molecule has 4 aromatic rings. The largest absolute Gasteiger partial charge is 0.508 e. The molecule has 0 aliphatic carbocycles. The molecule has 0 radical (unpaired) electrons. The summed E-state index contributed by atoms with van der Waals surface area (Å²) < 4.78 is 38.2. The second-order valence-corrected chi connectivity index (χ2v) is 14.6. The van der Waals surface area contributed by atoms with E-state index in [1.165, 1.54) is 36.5 Å². The smallest absolute Gasteiger partial charge is 0.319 e. The number of benzene rings is 3. The third-order valence-corrected chi connectivity index (χ3v) is 11.9. The minimum Gasteiger partial charge on any atom is -0.508 e. The number of nitrogens with one attached hydrogen (secondary N) is 1. The predicted octanol–water partition coefficient (Wildman–Crippen LogP) is 6.94. The molecule has 3 aromatic carbocycles. The van der Waals surface area contributed by atoms with Crippen LogP contribution in [0.1, 0.15) is 44.6 Å². The van der Waals surface area contributed by atoms with Crippen molar-refractivity contribution in [1.82, 2.24) is 20.2 Å². The Morgan fingerprint density at radius 1 is 1.04 bits per heavy atom. The maximum absolute atomic E-state index is 17.0. The van der Waals surface area contributed by atoms with Crippen molar-refractivity contribution in [2.75, 3.05) is 42.6 Å². The van der Waals surface area contributed by atoms with E-state index in [-0.39, 0.29) is 33.7 Å². The number of ether oxygens (including phenoxy) is 1. The minimum absolute atomic E-state index is 0.0591. The number of thioether (sulfide) groups is 1. The molecule has 4 fully saturated rings. The average molecular weight is 666 g/mol. The van der Waals surface area contributed by atoms with Gasteiger partial charge in [-0.25, -0.2) is 8.78 Å². The first-order valence-corrected chi connectivity index (χ1v) is 18.0. The van der Waals surface area contributed by atoms with Gasteiger partial charge in [0.15, 0.2) is 5.82 Å². The number of halogens is 3. The van der Waals surface area contributed by atoms with Gasteiger partial charge in [0, 0.05) is 66.3 Å². The summed E-state index contributed by atoms with van der Waals surface area (Å²) in [6.45, 7) is 4.74. The highest BCUT2D eigenvalue weighted by atomic mass is 35.5. The van der Waals surface area contributed by atoms with Crippen LogP contribution >= 0.6 is 23.4 Å². The number of hydrogen-bond acceptors (Lipinski definition) is 8. The van der Waals surface area contributed by atoms with Gasteiger partial charge in [0.2, 0.25) is 0 Å². The van der Waals surface area contributed by atoms with E-state index in [9.17, 15) is 5.11 Å². The quantitative estimate of drug-likeness (QED) is 0.196. The molecule has 4 aliphatic heterocycles. The van der Waals surface area contributed by atoms with Crippen molar-refractivity contribution in [3.8, 4) is 22.9 Å². The zero-order valence-electron chi connectivity index (χ0n) is 25.9. The van der Waals surface area contributed by atoms with Crippen LogP contribution in [0.2, 0.25) is 5.02 Å². The van der Waals surface area contributed by atoms with Crippen LogP contribution in [0, 0.1) is 11.6 Å². The molecule has 4 unspecified atom stereocenters. The van der Waals surface area contributed by atoms with Crippen LogP contribution in [0.5, 0.6) is 11.8 Å². The van der Waals surface area contributed by atoms with E-state index in [0.717, 1.165) is 38.9 Å². The summed E-state index contributed by atoms with van der Waals surface area (Å²) in [6, 6.07) is 9.83. The fourth-order valence-corrected chi connectivity index (χ4v) is 9.90. The molecule has 7 nitrogen and oxygen atoms in total. The zero-order chi connectivity index (χ0) is 31.5. The molecule has 46 heavy (non-hydrogen) atoms. The van der Waals surface area contributed by atoms with E-state index in [1.54, 1.807) is 18.2 Å². The first kappa shape index (κ1) is 30.4. The molecular formula is C35H38ClF2N5O2S. The first-order valence-electron chi connectivity index (χ1n) is 16.5. The fourth-order valence-electron chi connectivity index (χ4n) is 8.21. The third-order valence-electron chi connectivity index (χ3n) is 10.3. The molecule has 0 amide bonds. The highest BCUT2D eigenvalue weighted by Gasteiger charge is 2.37. The highest BCUT2D eigenvalue weighted by molar-refractivity contribution is 7.99. The van der Waals surface area contributed by atoms with E-state index < -0.39 is 5.82 Å². The summed E-state index contributed by atoms with van der Waals surface area (Å²) in [6.07, 6.45) is 5.94. The van der Waals surface area contributed by atoms with Crippen molar-refractivity contribution in [2.45, 2.75) is 69.6 Å². The fraction of sp³-hybridized carbons (Fsp3) is 0.486. The summed E-state index contributed by atoms with van der Waals surface area (Å²) in [5.74, 6) is 1.92. The molecule has 4 bridgehead atoms. The predicted molar refractivity (Wildman–Crippen MR) is 182 cm³/mol. The molecule has 4 aliphatic rings. The van der Waals surface area contributed by atoms with Crippen LogP contribution in [0.4, 0.5) is 14.6 Å². The monoisotopic (exact) mass is 665 g/mol. The molecule has 4 atom stereocenters. The van der Waals surface area contributed by atoms with E-state index in [4.69, 9.17) is 21.3 Å². The SMILES string of the molecule is CCc1c(F)ccc2cc(O)cc(-c3c(Cl)cc4c(N5CC6CCC(C5)N6)nc(OCCCN5C6CCC5CSC6)nc4c3F)c12. The number of piperazine rings is 1. The van der Waals surface area contributed by atoms with Crippen LogP contribution in [0.25, 0.3) is 32.8 Å². The van der Waals surface area contributed by atoms with Crippen LogP contribution in [0.3, 0.4) is 0 Å². The Hall–Kier alpha value is -2.92. The summed E-state index contributed by atoms with van der Waals surface area (Å²) in [4.78, 5) is 14.3. The van der Waals surface area contributed by atoms with E-state index in [2.05, 4.69) is 31.9 Å². The Bertz CT molecular complexity index is 1800. The summed E-state index contributed by atoms with van der Waals surface area (Å²) in [5, 5.41) is 16.1. The van der Waals surface area contributed by atoms with Gasteiger partial charge >= 0.3 is 6.01 Å². The molecule has 5 heterocycles. The van der Waals surface area contributed by atoms with Gasteiger partial charge < -0.3 is 20.1 Å². The number of nitrogens with zero attached hydrogens (tertiary/aromatic N) is 4. The molecular weight excluding hydrogens is 628 g/mol. The van der Waals surface area contributed by atoms with E-state index in [0.29, 0.717) is 70.3 Å². The maximum atomic E-state index is 17.0. The Morgan fingerprint density at radius 2 is 1.80 bits per heavy atom. The van der Waals surface area contributed by atoms with Crippen LogP contribution in [-0.2, 0) is 6.42 Å². The van der Waals surface area contributed by atoms with Crippen LogP contribution < -0.4 is 15.0 Å². The lowest BCUT2D eigenvalue weighted by Gasteiger charge is -2.34. The molecule has 2 N–H and O–H groups in total. The van der Waals surface area contributed by atoms with Gasteiger partial charge in [0.05, 0.1) is 11.6 Å². The van der Waals surface area contributed by atoms with Crippen LogP contribution in [-0.4, -0.2) is 81.9 Å². The van der Waals surface area contributed by atoms with E-state index >= 15 is 8.78 Å². The van der Waals surface area contributed by atoms with Crippen molar-refractivity contribution in [3.05, 3.63) is 52.6 Å². The molecule has 1 aromatic heterocycles. The first-order chi connectivity index (χ1) is 22.4. The molecule has 0 saturated carbocycles. The van der Waals surface area contributed by atoms with Crippen molar-refractivity contribution >= 4 is 50.9 Å². The van der Waals surface area contributed by atoms with Crippen molar-refractivity contribution in [3.63, 3.8) is 0 Å². The second kappa shape index (κ2) is 12.3. The number of fused-ring (bicyclic) bond motifs is 6. The second-order valence-electron chi connectivity index (χ2n) is 13.1. The van der Waals surface area contributed by atoms with Crippen molar-refractivity contribution in [1.29, 1.82) is 0 Å². The summed E-state index contributed by atoms with van der Waals surface area (Å²) in [5.41, 5.74) is 0.938. The maximum Gasteiger partial charge on any atom is 0.319 e. The van der Waals surface area contributed by atoms with Gasteiger partial charge in [-0.05, 0) is 84.7 Å². The van der Waals surface area contributed by atoms with Gasteiger partial charge in [-0.3, -0.25) is 4.90 Å². The minimum atomic E-state index is -0.644. The van der Waals surface area contributed by atoms with Gasteiger partial charge in [-0.2, -0.15) is 21.7 Å². The molecule has 0 spiro atoms. The Morgan fingerprint density at radius 3 is 2.54 bits per heavy atom. The topological polar surface area (TPSA) is 73.8 Å². The number of aromatic nitrogens is 2.